The number of hydrogen-bond acceptors (Lipinski definition) is 3. The Balaban J connectivity index is 1.85. The molecule has 1 aliphatic carbocycles. The van der Waals surface area contributed by atoms with Gasteiger partial charge in [0, 0.05) is 17.1 Å². The van der Waals surface area contributed by atoms with Gasteiger partial charge >= 0.3 is 0 Å². The maximum Gasteiger partial charge on any atom is 0.295 e. The number of nitro groups is 1. The van der Waals surface area contributed by atoms with Crippen LogP contribution in [-0.4, -0.2) is 11.0 Å². The lowest BCUT2D eigenvalue weighted by atomic mass is 10.1. The average molecular weight is 307 g/mol. The highest BCUT2D eigenvalue weighted by atomic mass is 35.5. The molecule has 0 spiro atoms. The summed E-state index contributed by atoms with van der Waals surface area (Å²) in [4.78, 5) is 10.4. The Morgan fingerprint density at radius 1 is 1.24 bits per heavy atom. The average Bonchev–Trinajstić information content (AvgIpc) is 2.82. The monoisotopic (exact) mass is 306 g/mol. The number of nitro benzene ring substituents is 1. The Hall–Kier alpha value is -2.14. The third-order valence-electron chi connectivity index (χ3n) is 3.64. The number of nitrogens with zero attached hydrogens (tertiary/aromatic N) is 1. The van der Waals surface area contributed by atoms with E-state index in [0.717, 1.165) is 11.1 Å². The SMILES string of the molecule is O=[N+]([O-])c1cccc(F)c1NC1Cc2ccc(Cl)cc2C1. The molecule has 0 saturated carbocycles. The van der Waals surface area contributed by atoms with Gasteiger partial charge in [-0.05, 0) is 42.2 Å². The molecular formula is C15H12ClFN2O2. The minimum absolute atomic E-state index is 0.0496. The Labute approximate surface area is 125 Å². The van der Waals surface area contributed by atoms with Crippen LogP contribution in [0.5, 0.6) is 0 Å². The van der Waals surface area contributed by atoms with Crippen molar-refractivity contribution in [3.05, 3.63) is 68.5 Å². The first-order chi connectivity index (χ1) is 10.0. The number of para-hydroxylation sites is 1. The summed E-state index contributed by atoms with van der Waals surface area (Å²) in [5.41, 5.74) is 1.94. The predicted octanol–water partition coefficient (Wildman–Crippen LogP) is 3.97. The van der Waals surface area contributed by atoms with Crippen LogP contribution >= 0.6 is 11.6 Å². The lowest BCUT2D eigenvalue weighted by Gasteiger charge is -2.14. The normalized spacial score (nSPS) is 16.6. The van der Waals surface area contributed by atoms with Gasteiger partial charge in [-0.25, -0.2) is 4.39 Å². The number of halogens is 2. The van der Waals surface area contributed by atoms with Crippen molar-refractivity contribution in [3.8, 4) is 0 Å². The maximum absolute atomic E-state index is 13.9. The largest absolute Gasteiger partial charge is 0.374 e. The zero-order valence-corrected chi connectivity index (χ0v) is 11.7. The van der Waals surface area contributed by atoms with Crippen LogP contribution in [0, 0.1) is 15.9 Å². The first-order valence-electron chi connectivity index (χ1n) is 6.51. The smallest absolute Gasteiger partial charge is 0.295 e. The van der Waals surface area contributed by atoms with E-state index in [1.165, 1.54) is 18.2 Å². The summed E-state index contributed by atoms with van der Waals surface area (Å²) in [6, 6.07) is 9.41. The lowest BCUT2D eigenvalue weighted by Crippen LogP contribution is -2.21. The third-order valence-corrected chi connectivity index (χ3v) is 3.87. The van der Waals surface area contributed by atoms with E-state index in [1.54, 1.807) is 0 Å². The van der Waals surface area contributed by atoms with Gasteiger partial charge in [0.05, 0.1) is 4.92 Å². The number of nitrogens with one attached hydrogen (secondary N) is 1. The van der Waals surface area contributed by atoms with Gasteiger partial charge in [0.25, 0.3) is 5.69 Å². The van der Waals surface area contributed by atoms with Gasteiger partial charge in [0.15, 0.2) is 5.82 Å². The molecule has 108 valence electrons. The zero-order valence-electron chi connectivity index (χ0n) is 11.0. The van der Waals surface area contributed by atoms with E-state index < -0.39 is 10.7 Å². The number of fused-ring (bicyclic) bond motifs is 1. The first-order valence-corrected chi connectivity index (χ1v) is 6.89. The summed E-state index contributed by atoms with van der Waals surface area (Å²) in [6.45, 7) is 0. The van der Waals surface area contributed by atoms with E-state index in [4.69, 9.17) is 11.6 Å². The van der Waals surface area contributed by atoms with Gasteiger partial charge in [-0.2, -0.15) is 0 Å². The van der Waals surface area contributed by atoms with E-state index in [1.807, 2.05) is 18.2 Å². The zero-order chi connectivity index (χ0) is 15.0. The van der Waals surface area contributed by atoms with Crippen molar-refractivity contribution in [2.45, 2.75) is 18.9 Å². The maximum atomic E-state index is 13.9. The Morgan fingerprint density at radius 2 is 2.00 bits per heavy atom. The second-order valence-electron chi connectivity index (χ2n) is 5.05. The predicted molar refractivity (Wildman–Crippen MR) is 79.3 cm³/mol. The number of anilines is 1. The summed E-state index contributed by atoms with van der Waals surface area (Å²) < 4.78 is 13.9. The summed E-state index contributed by atoms with van der Waals surface area (Å²) in [6.07, 6.45) is 1.36. The molecule has 2 aromatic rings. The molecule has 1 atom stereocenters. The first kappa shape index (κ1) is 13.8. The fraction of sp³-hybridized carbons (Fsp3) is 0.200. The van der Waals surface area contributed by atoms with Crippen molar-refractivity contribution in [3.63, 3.8) is 0 Å². The van der Waals surface area contributed by atoms with Gasteiger partial charge < -0.3 is 5.32 Å². The summed E-state index contributed by atoms with van der Waals surface area (Å²) in [5, 5.41) is 14.6. The van der Waals surface area contributed by atoms with Crippen LogP contribution in [-0.2, 0) is 12.8 Å². The van der Waals surface area contributed by atoms with Crippen LogP contribution in [0.2, 0.25) is 5.02 Å². The molecule has 2 aromatic carbocycles. The van der Waals surface area contributed by atoms with Gasteiger partial charge in [-0.15, -0.1) is 0 Å². The highest BCUT2D eigenvalue weighted by Crippen LogP contribution is 2.32. The van der Waals surface area contributed by atoms with Gasteiger partial charge in [-0.1, -0.05) is 23.7 Å². The highest BCUT2D eigenvalue weighted by molar-refractivity contribution is 6.30. The molecular weight excluding hydrogens is 295 g/mol. The Morgan fingerprint density at radius 3 is 2.76 bits per heavy atom. The topological polar surface area (TPSA) is 55.2 Å². The molecule has 3 rings (SSSR count). The van der Waals surface area contributed by atoms with Crippen LogP contribution in [0.1, 0.15) is 11.1 Å². The van der Waals surface area contributed by atoms with Crippen LogP contribution in [0.15, 0.2) is 36.4 Å². The lowest BCUT2D eigenvalue weighted by molar-refractivity contribution is -0.384. The Kier molecular flexibility index (Phi) is 3.51. The molecule has 0 amide bonds. The van der Waals surface area contributed by atoms with E-state index in [0.29, 0.717) is 17.9 Å². The van der Waals surface area contributed by atoms with E-state index in [9.17, 15) is 14.5 Å². The molecule has 0 fully saturated rings. The molecule has 0 radical (unpaired) electrons. The highest BCUT2D eigenvalue weighted by Gasteiger charge is 2.26. The molecule has 0 aliphatic heterocycles. The molecule has 1 unspecified atom stereocenters. The van der Waals surface area contributed by atoms with E-state index in [2.05, 4.69) is 5.32 Å². The van der Waals surface area contributed by atoms with E-state index >= 15 is 0 Å². The van der Waals surface area contributed by atoms with Crippen LogP contribution in [0.4, 0.5) is 15.8 Å². The van der Waals surface area contributed by atoms with Gasteiger partial charge in [0.2, 0.25) is 0 Å². The fourth-order valence-electron chi connectivity index (χ4n) is 2.70. The molecule has 1 aliphatic rings. The summed E-state index contributed by atoms with van der Waals surface area (Å²) >= 11 is 5.95. The van der Waals surface area contributed by atoms with Gasteiger partial charge in [-0.3, -0.25) is 10.1 Å². The second-order valence-corrected chi connectivity index (χ2v) is 5.49. The minimum Gasteiger partial charge on any atom is -0.374 e. The fourth-order valence-corrected chi connectivity index (χ4v) is 2.90. The molecule has 0 bridgehead atoms. The molecule has 0 saturated heterocycles. The molecule has 0 heterocycles. The molecule has 21 heavy (non-hydrogen) atoms. The molecule has 0 aromatic heterocycles. The van der Waals surface area contributed by atoms with Crippen LogP contribution < -0.4 is 5.32 Å². The standard InChI is InChI=1S/C15H12ClFN2O2/c16-11-5-4-9-7-12(8-10(9)6-11)18-15-13(17)2-1-3-14(15)19(20)21/h1-6,12,18H,7-8H2. The van der Waals surface area contributed by atoms with Crippen LogP contribution in [0.25, 0.3) is 0 Å². The molecule has 1 N–H and O–H groups in total. The van der Waals surface area contributed by atoms with Crippen molar-refractivity contribution < 1.29 is 9.31 Å². The third kappa shape index (κ3) is 2.69. The number of hydrogen-bond donors (Lipinski definition) is 1. The van der Waals surface area contributed by atoms with Crippen molar-refractivity contribution in [1.29, 1.82) is 0 Å². The minimum atomic E-state index is -0.613. The molecule has 4 nitrogen and oxygen atoms in total. The van der Waals surface area contributed by atoms with Gasteiger partial charge in [0.1, 0.15) is 5.69 Å². The molecule has 6 heteroatoms. The van der Waals surface area contributed by atoms with Crippen LogP contribution in [0.3, 0.4) is 0 Å². The number of rotatable bonds is 3. The number of benzene rings is 2. The van der Waals surface area contributed by atoms with Crippen molar-refractivity contribution in [1.82, 2.24) is 0 Å². The van der Waals surface area contributed by atoms with E-state index in [-0.39, 0.29) is 17.4 Å². The quantitative estimate of drug-likeness (QED) is 0.689. The summed E-state index contributed by atoms with van der Waals surface area (Å²) in [5.74, 6) is -0.613. The summed E-state index contributed by atoms with van der Waals surface area (Å²) in [7, 11) is 0. The van der Waals surface area contributed by atoms with Crippen molar-refractivity contribution >= 4 is 23.0 Å². The Bertz CT molecular complexity index is 721. The van der Waals surface area contributed by atoms with Crippen molar-refractivity contribution in [2.75, 3.05) is 5.32 Å². The van der Waals surface area contributed by atoms with Crippen molar-refractivity contribution in [2.24, 2.45) is 0 Å². The second kappa shape index (κ2) is 5.33.